The van der Waals surface area contributed by atoms with Gasteiger partial charge in [-0.2, -0.15) is 0 Å². The van der Waals surface area contributed by atoms with Crippen LogP contribution >= 0.6 is 0 Å². The zero-order valence-electron chi connectivity index (χ0n) is 10.9. The average molecular weight is 272 g/mol. The van der Waals surface area contributed by atoms with E-state index in [4.69, 9.17) is 10.2 Å². The first kappa shape index (κ1) is 15.4. The van der Waals surface area contributed by atoms with Crippen LogP contribution in [0.2, 0.25) is 0 Å². The Morgan fingerprint density at radius 3 is 2.47 bits per heavy atom. The molecule has 0 radical (unpaired) electrons. The maximum atomic E-state index is 12.1. The molecule has 0 aromatic rings. The first-order valence-electron chi connectivity index (χ1n) is 6.36. The lowest BCUT2D eigenvalue weighted by molar-refractivity contribution is -0.144. The van der Waals surface area contributed by atoms with Crippen LogP contribution in [0, 0.1) is 0 Å². The minimum absolute atomic E-state index is 0.119. The third-order valence-electron chi connectivity index (χ3n) is 3.37. The standard InChI is InChI=1S/C12H20N2O5/c1-12(6-2-3-7-13-12)11(19)14-8(10(17)18)4-5-9(15)16/h8,13H,2-7H2,1H3,(H,14,19)(H,15,16)(H,17,18). The number of aliphatic carboxylic acids is 2. The third-order valence-corrected chi connectivity index (χ3v) is 3.37. The molecule has 19 heavy (non-hydrogen) atoms. The molecule has 4 N–H and O–H groups in total. The van der Waals surface area contributed by atoms with Crippen molar-refractivity contribution in [2.45, 2.75) is 50.6 Å². The SMILES string of the molecule is CC1(C(=O)NC(CCC(=O)O)C(=O)O)CCCCN1. The van der Waals surface area contributed by atoms with Gasteiger partial charge in [0.25, 0.3) is 0 Å². The van der Waals surface area contributed by atoms with Crippen molar-refractivity contribution in [1.82, 2.24) is 10.6 Å². The van der Waals surface area contributed by atoms with Crippen LogP contribution in [0.1, 0.15) is 39.0 Å². The van der Waals surface area contributed by atoms with Gasteiger partial charge in [-0.1, -0.05) is 0 Å². The van der Waals surface area contributed by atoms with E-state index in [0.29, 0.717) is 6.42 Å². The molecule has 0 saturated carbocycles. The summed E-state index contributed by atoms with van der Waals surface area (Å²) in [5.41, 5.74) is -0.769. The van der Waals surface area contributed by atoms with Crippen molar-refractivity contribution < 1.29 is 24.6 Å². The molecule has 2 atom stereocenters. The van der Waals surface area contributed by atoms with E-state index >= 15 is 0 Å². The van der Waals surface area contributed by atoms with Gasteiger partial charge in [0.15, 0.2) is 0 Å². The topological polar surface area (TPSA) is 116 Å². The zero-order valence-corrected chi connectivity index (χ0v) is 10.9. The van der Waals surface area contributed by atoms with E-state index in [2.05, 4.69) is 10.6 Å². The van der Waals surface area contributed by atoms with Gasteiger partial charge in [-0.25, -0.2) is 4.79 Å². The second kappa shape index (κ2) is 6.51. The van der Waals surface area contributed by atoms with Crippen molar-refractivity contribution in [3.05, 3.63) is 0 Å². The highest BCUT2D eigenvalue weighted by Crippen LogP contribution is 2.19. The van der Waals surface area contributed by atoms with E-state index < -0.39 is 23.5 Å². The largest absolute Gasteiger partial charge is 0.481 e. The summed E-state index contributed by atoms with van der Waals surface area (Å²) in [6.45, 7) is 2.45. The highest BCUT2D eigenvalue weighted by Gasteiger charge is 2.36. The van der Waals surface area contributed by atoms with Crippen LogP contribution in [0.15, 0.2) is 0 Å². The third kappa shape index (κ3) is 4.51. The number of amides is 1. The van der Waals surface area contributed by atoms with E-state index in [1.807, 2.05) is 0 Å². The molecule has 1 amide bonds. The van der Waals surface area contributed by atoms with Gasteiger partial charge in [0.05, 0.1) is 5.54 Å². The molecule has 0 bridgehead atoms. The highest BCUT2D eigenvalue weighted by molar-refractivity contribution is 5.90. The summed E-state index contributed by atoms with van der Waals surface area (Å²) >= 11 is 0. The molecule has 1 heterocycles. The van der Waals surface area contributed by atoms with Crippen molar-refractivity contribution in [3.8, 4) is 0 Å². The van der Waals surface area contributed by atoms with Crippen LogP contribution in [0.3, 0.4) is 0 Å². The Balaban J connectivity index is 2.59. The van der Waals surface area contributed by atoms with Crippen LogP contribution in [0.4, 0.5) is 0 Å². The van der Waals surface area contributed by atoms with E-state index in [1.54, 1.807) is 6.92 Å². The van der Waals surface area contributed by atoms with E-state index in [1.165, 1.54) is 0 Å². The fourth-order valence-corrected chi connectivity index (χ4v) is 2.09. The Morgan fingerprint density at radius 1 is 1.32 bits per heavy atom. The molecule has 0 spiro atoms. The second-order valence-electron chi connectivity index (χ2n) is 5.01. The molecule has 1 rings (SSSR count). The molecule has 7 heteroatoms. The lowest BCUT2D eigenvalue weighted by Gasteiger charge is -2.34. The average Bonchev–Trinajstić information content (AvgIpc) is 2.34. The Morgan fingerprint density at radius 2 is 2.00 bits per heavy atom. The molecule has 0 aliphatic carbocycles. The van der Waals surface area contributed by atoms with Crippen LogP contribution in [-0.4, -0.2) is 46.2 Å². The molecular formula is C12H20N2O5. The Kier molecular flexibility index (Phi) is 5.29. The number of carbonyl (C=O) groups is 3. The highest BCUT2D eigenvalue weighted by atomic mass is 16.4. The van der Waals surface area contributed by atoms with Crippen LogP contribution in [0.5, 0.6) is 0 Å². The van der Waals surface area contributed by atoms with E-state index in [9.17, 15) is 14.4 Å². The van der Waals surface area contributed by atoms with Crippen LogP contribution in [0.25, 0.3) is 0 Å². The van der Waals surface area contributed by atoms with Crippen molar-refractivity contribution in [2.24, 2.45) is 0 Å². The Hall–Kier alpha value is -1.63. The zero-order chi connectivity index (χ0) is 14.5. The van der Waals surface area contributed by atoms with Crippen molar-refractivity contribution in [2.75, 3.05) is 6.54 Å². The molecule has 0 aromatic carbocycles. The van der Waals surface area contributed by atoms with E-state index in [0.717, 1.165) is 19.4 Å². The van der Waals surface area contributed by atoms with Gasteiger partial charge in [-0.15, -0.1) is 0 Å². The van der Waals surface area contributed by atoms with Gasteiger partial charge < -0.3 is 20.8 Å². The van der Waals surface area contributed by atoms with E-state index in [-0.39, 0.29) is 18.7 Å². The minimum atomic E-state index is -1.21. The molecule has 1 fully saturated rings. The maximum absolute atomic E-state index is 12.1. The molecule has 1 aliphatic rings. The molecule has 2 unspecified atom stereocenters. The lowest BCUT2D eigenvalue weighted by atomic mass is 9.89. The van der Waals surface area contributed by atoms with Crippen molar-refractivity contribution in [3.63, 3.8) is 0 Å². The van der Waals surface area contributed by atoms with Gasteiger partial charge in [-0.3, -0.25) is 9.59 Å². The van der Waals surface area contributed by atoms with Crippen LogP contribution < -0.4 is 10.6 Å². The number of hydrogen-bond donors (Lipinski definition) is 4. The molecule has 1 aliphatic heterocycles. The number of piperidine rings is 1. The molecule has 0 aromatic heterocycles. The number of nitrogens with one attached hydrogen (secondary N) is 2. The predicted octanol–water partition coefficient (Wildman–Crippen LogP) is -0.0472. The summed E-state index contributed by atoms with van der Waals surface area (Å²) in [6, 6.07) is -1.16. The number of hydrogen-bond acceptors (Lipinski definition) is 4. The summed E-state index contributed by atoms with van der Waals surface area (Å²) < 4.78 is 0. The summed E-state index contributed by atoms with van der Waals surface area (Å²) in [6.07, 6.45) is 2.13. The molecular weight excluding hydrogens is 252 g/mol. The smallest absolute Gasteiger partial charge is 0.326 e. The normalized spacial score (nSPS) is 24.5. The number of rotatable bonds is 6. The first-order chi connectivity index (χ1) is 8.85. The summed E-state index contributed by atoms with van der Waals surface area (Å²) in [5, 5.41) is 23.0. The monoisotopic (exact) mass is 272 g/mol. The number of carboxylic acids is 2. The predicted molar refractivity (Wildman–Crippen MR) is 66.7 cm³/mol. The summed E-state index contributed by atoms with van der Waals surface area (Å²) in [7, 11) is 0. The minimum Gasteiger partial charge on any atom is -0.481 e. The first-order valence-corrected chi connectivity index (χ1v) is 6.36. The number of carboxylic acid groups (broad SMARTS) is 2. The number of carbonyl (C=O) groups excluding carboxylic acids is 1. The van der Waals surface area contributed by atoms with Crippen molar-refractivity contribution >= 4 is 17.8 Å². The van der Waals surface area contributed by atoms with Gasteiger partial charge in [0.2, 0.25) is 5.91 Å². The van der Waals surface area contributed by atoms with Crippen molar-refractivity contribution in [1.29, 1.82) is 0 Å². The van der Waals surface area contributed by atoms with Gasteiger partial charge in [-0.05, 0) is 39.2 Å². The Bertz CT molecular complexity index is 363. The molecule has 1 saturated heterocycles. The second-order valence-corrected chi connectivity index (χ2v) is 5.01. The summed E-state index contributed by atoms with van der Waals surface area (Å²) in [4.78, 5) is 33.6. The maximum Gasteiger partial charge on any atom is 0.326 e. The van der Waals surface area contributed by atoms with Gasteiger partial charge in [0.1, 0.15) is 6.04 Å². The van der Waals surface area contributed by atoms with Gasteiger partial charge in [0, 0.05) is 6.42 Å². The fraction of sp³-hybridized carbons (Fsp3) is 0.750. The Labute approximate surface area is 111 Å². The fourth-order valence-electron chi connectivity index (χ4n) is 2.09. The lowest BCUT2D eigenvalue weighted by Crippen LogP contribution is -2.59. The summed E-state index contributed by atoms with van der Waals surface area (Å²) in [5.74, 6) is -2.68. The molecule has 108 valence electrons. The quantitative estimate of drug-likeness (QED) is 0.539. The van der Waals surface area contributed by atoms with Crippen LogP contribution in [-0.2, 0) is 14.4 Å². The van der Waals surface area contributed by atoms with Gasteiger partial charge >= 0.3 is 11.9 Å². The molecule has 7 nitrogen and oxygen atoms in total.